The fourth-order valence-corrected chi connectivity index (χ4v) is 7.43. The molecule has 3 aliphatic carbocycles. The maximum Gasteiger partial charge on any atom is 0.198 e. The first-order chi connectivity index (χ1) is 15.0. The van der Waals surface area contributed by atoms with E-state index >= 15 is 0 Å². The number of ether oxygens (including phenoxy) is 3. The minimum Gasteiger partial charge on any atom is -0.403 e. The maximum absolute atomic E-state index is 10.9. The summed E-state index contributed by atoms with van der Waals surface area (Å²) in [6, 6.07) is 0. The van der Waals surface area contributed by atoms with Crippen molar-refractivity contribution in [2.75, 3.05) is 20.3 Å². The van der Waals surface area contributed by atoms with Gasteiger partial charge in [-0.15, -0.1) is 0 Å². The topological polar surface area (TPSA) is 57.2 Å². The summed E-state index contributed by atoms with van der Waals surface area (Å²) in [5, 5.41) is 11.1. The van der Waals surface area contributed by atoms with Crippen LogP contribution in [0.3, 0.4) is 0 Å². The highest BCUT2D eigenvalue weighted by atomic mass is 28.4. The van der Waals surface area contributed by atoms with Gasteiger partial charge in [0, 0.05) is 19.4 Å². The Balaban J connectivity index is 1.55. The second-order valence-corrected chi connectivity index (χ2v) is 16.8. The summed E-state index contributed by atoms with van der Waals surface area (Å²) < 4.78 is 25.0. The SMILES string of the molecule is CO[C@@]12CC[C@H](O)[C@@H](C#C[C@H](CC3CCCC3)O[Si](C)(C)C(C)(C)C)[C@@H]1CC21OCCO1. The van der Waals surface area contributed by atoms with Crippen LogP contribution in [0.2, 0.25) is 18.1 Å². The lowest BCUT2D eigenvalue weighted by Gasteiger charge is -2.63. The van der Waals surface area contributed by atoms with E-state index in [1.54, 1.807) is 7.11 Å². The molecule has 5 nitrogen and oxygen atoms in total. The molecule has 32 heavy (non-hydrogen) atoms. The van der Waals surface area contributed by atoms with Crippen LogP contribution in [0.5, 0.6) is 0 Å². The van der Waals surface area contributed by atoms with Gasteiger partial charge in [-0.25, -0.2) is 0 Å². The van der Waals surface area contributed by atoms with E-state index in [4.69, 9.17) is 18.6 Å². The standard InChI is InChI=1S/C26H44O5Si/c1-24(2,3)32(5,6)31-20(17-19-9-7-8-10-19)11-12-21-22-18-26(29-15-16-30-26)25(22,28-4)14-13-23(21)27/h19-23,27H,7-10,13-18H2,1-6H3/t20-,21+,22+,23+,25+/m1/s1. The predicted octanol–water partition coefficient (Wildman–Crippen LogP) is 4.88. The first kappa shape index (κ1) is 24.7. The largest absolute Gasteiger partial charge is 0.403 e. The van der Waals surface area contributed by atoms with E-state index in [0.717, 1.165) is 19.3 Å². The fourth-order valence-electron chi connectivity index (χ4n) is 6.21. The van der Waals surface area contributed by atoms with Gasteiger partial charge >= 0.3 is 0 Å². The van der Waals surface area contributed by atoms with Crippen LogP contribution < -0.4 is 0 Å². The Labute approximate surface area is 196 Å². The zero-order valence-electron chi connectivity index (χ0n) is 21.0. The quantitative estimate of drug-likeness (QED) is 0.464. The molecule has 0 aromatic rings. The second-order valence-electron chi connectivity index (χ2n) is 12.0. The summed E-state index contributed by atoms with van der Waals surface area (Å²) in [5.74, 6) is 7.13. The number of fused-ring (bicyclic) bond motifs is 2. The summed E-state index contributed by atoms with van der Waals surface area (Å²) in [4.78, 5) is 0. The van der Waals surface area contributed by atoms with Crippen LogP contribution in [-0.4, -0.2) is 57.3 Å². The van der Waals surface area contributed by atoms with Crippen LogP contribution in [0, 0.1) is 29.6 Å². The van der Waals surface area contributed by atoms with Crippen molar-refractivity contribution in [1.82, 2.24) is 0 Å². The van der Waals surface area contributed by atoms with Gasteiger partial charge in [0.2, 0.25) is 0 Å². The van der Waals surface area contributed by atoms with Crippen molar-refractivity contribution in [2.45, 2.75) is 114 Å². The lowest BCUT2D eigenvalue weighted by molar-refractivity contribution is -0.381. The van der Waals surface area contributed by atoms with E-state index in [9.17, 15) is 5.11 Å². The minimum absolute atomic E-state index is 0.0573. The van der Waals surface area contributed by atoms with Crippen LogP contribution in [0.4, 0.5) is 0 Å². The number of hydrogen-bond acceptors (Lipinski definition) is 5. The van der Waals surface area contributed by atoms with Crippen LogP contribution in [0.15, 0.2) is 0 Å². The van der Waals surface area contributed by atoms with E-state index in [-0.39, 0.29) is 23.0 Å². The molecule has 0 aromatic carbocycles. The maximum atomic E-state index is 10.9. The van der Waals surface area contributed by atoms with Crippen molar-refractivity contribution < 1.29 is 23.7 Å². The number of hydrogen-bond donors (Lipinski definition) is 1. The van der Waals surface area contributed by atoms with Crippen LogP contribution in [0.1, 0.15) is 72.1 Å². The van der Waals surface area contributed by atoms with Gasteiger partial charge in [-0.1, -0.05) is 58.3 Å². The van der Waals surface area contributed by atoms with Crippen LogP contribution in [-0.2, 0) is 18.6 Å². The Bertz CT molecular complexity index is 723. The number of aliphatic hydroxyl groups excluding tert-OH is 1. The van der Waals surface area contributed by atoms with Crippen LogP contribution in [0.25, 0.3) is 0 Å². The lowest BCUT2D eigenvalue weighted by Crippen LogP contribution is -2.74. The highest BCUT2D eigenvalue weighted by molar-refractivity contribution is 6.74. The number of methoxy groups -OCH3 is 1. The Morgan fingerprint density at radius 2 is 1.78 bits per heavy atom. The third kappa shape index (κ3) is 4.23. The molecule has 0 amide bonds. The van der Waals surface area contributed by atoms with Crippen LogP contribution >= 0.6 is 0 Å². The van der Waals surface area contributed by atoms with Gasteiger partial charge < -0.3 is 23.7 Å². The molecule has 4 rings (SSSR count). The smallest absolute Gasteiger partial charge is 0.198 e. The Hall–Kier alpha value is -0.423. The van der Waals surface area contributed by atoms with E-state index in [2.05, 4.69) is 45.7 Å². The van der Waals surface area contributed by atoms with Gasteiger partial charge in [-0.05, 0) is 43.3 Å². The molecule has 182 valence electrons. The molecule has 0 radical (unpaired) electrons. The highest BCUT2D eigenvalue weighted by Crippen LogP contribution is 2.62. The Morgan fingerprint density at radius 3 is 2.38 bits per heavy atom. The predicted molar refractivity (Wildman–Crippen MR) is 128 cm³/mol. The average molecular weight is 465 g/mol. The monoisotopic (exact) mass is 464 g/mol. The Morgan fingerprint density at radius 1 is 1.12 bits per heavy atom. The van der Waals surface area contributed by atoms with E-state index in [1.807, 2.05) is 0 Å². The molecule has 4 aliphatic rings. The molecule has 0 bridgehead atoms. The van der Waals surface area contributed by atoms with Crippen molar-refractivity contribution in [3.63, 3.8) is 0 Å². The molecule has 6 heteroatoms. The first-order valence-electron chi connectivity index (χ1n) is 12.7. The van der Waals surface area contributed by atoms with Gasteiger partial charge in [0.15, 0.2) is 14.1 Å². The molecule has 1 saturated heterocycles. The molecular weight excluding hydrogens is 420 g/mol. The summed E-state index contributed by atoms with van der Waals surface area (Å²) in [6.45, 7) is 12.7. The minimum atomic E-state index is -1.94. The highest BCUT2D eigenvalue weighted by Gasteiger charge is 2.73. The molecule has 0 aromatic heterocycles. The van der Waals surface area contributed by atoms with Gasteiger partial charge in [0.1, 0.15) is 11.7 Å². The van der Waals surface area contributed by atoms with Crippen molar-refractivity contribution in [2.24, 2.45) is 17.8 Å². The zero-order chi connectivity index (χ0) is 23.2. The van der Waals surface area contributed by atoms with Gasteiger partial charge in [0.05, 0.1) is 25.2 Å². The molecule has 1 spiro atoms. The Kier molecular flexibility index (Phi) is 6.93. The van der Waals surface area contributed by atoms with E-state index in [1.165, 1.54) is 25.7 Å². The summed E-state index contributed by atoms with van der Waals surface area (Å²) in [6.07, 6.45) is 7.91. The zero-order valence-corrected chi connectivity index (χ0v) is 22.0. The normalized spacial score (nSPS) is 35.8. The van der Waals surface area contributed by atoms with E-state index in [0.29, 0.717) is 25.6 Å². The number of rotatable bonds is 5. The van der Waals surface area contributed by atoms with Gasteiger partial charge in [0.25, 0.3) is 0 Å². The summed E-state index contributed by atoms with van der Waals surface area (Å²) in [7, 11) is -0.183. The molecule has 5 atom stereocenters. The molecule has 3 saturated carbocycles. The van der Waals surface area contributed by atoms with Gasteiger partial charge in [-0.3, -0.25) is 0 Å². The van der Waals surface area contributed by atoms with Crippen molar-refractivity contribution in [1.29, 1.82) is 0 Å². The third-order valence-corrected chi connectivity index (χ3v) is 13.7. The molecule has 1 heterocycles. The molecule has 4 fully saturated rings. The summed E-state index contributed by atoms with van der Waals surface area (Å²) >= 11 is 0. The van der Waals surface area contributed by atoms with E-state index < -0.39 is 25.8 Å². The summed E-state index contributed by atoms with van der Waals surface area (Å²) in [5.41, 5.74) is -0.497. The number of aliphatic hydroxyl groups is 1. The third-order valence-electron chi connectivity index (χ3n) is 9.19. The average Bonchev–Trinajstić information content (AvgIpc) is 3.39. The lowest BCUT2D eigenvalue weighted by atomic mass is 9.52. The van der Waals surface area contributed by atoms with Crippen molar-refractivity contribution in [3.8, 4) is 11.8 Å². The fraction of sp³-hybridized carbons (Fsp3) is 0.923. The van der Waals surface area contributed by atoms with Crippen molar-refractivity contribution in [3.05, 3.63) is 0 Å². The van der Waals surface area contributed by atoms with Gasteiger partial charge in [-0.2, -0.15) is 0 Å². The second kappa shape index (κ2) is 8.98. The first-order valence-corrected chi connectivity index (χ1v) is 15.6. The molecule has 0 unspecified atom stereocenters. The van der Waals surface area contributed by atoms with Crippen molar-refractivity contribution >= 4 is 8.32 Å². The molecule has 1 N–H and O–H groups in total. The molecule has 1 aliphatic heterocycles. The molecular formula is C26H44O5Si.